The van der Waals surface area contributed by atoms with Gasteiger partial charge in [0.05, 0.1) is 16.9 Å². The molecule has 0 spiro atoms. The lowest BCUT2D eigenvalue weighted by Gasteiger charge is -2.27. The molecule has 1 amide bonds. The molecule has 7 heteroatoms. The summed E-state index contributed by atoms with van der Waals surface area (Å²) in [5, 5.41) is 2.73. The van der Waals surface area contributed by atoms with Crippen molar-refractivity contribution in [1.29, 1.82) is 0 Å². The van der Waals surface area contributed by atoms with Crippen LogP contribution in [0.5, 0.6) is 0 Å². The fourth-order valence-electron chi connectivity index (χ4n) is 3.63. The molecule has 0 aliphatic carbocycles. The van der Waals surface area contributed by atoms with Crippen molar-refractivity contribution < 1.29 is 18.0 Å². The Morgan fingerprint density at radius 3 is 2.32 bits per heavy atom. The topological polar surface area (TPSA) is 44.7 Å². The van der Waals surface area contributed by atoms with Crippen molar-refractivity contribution in [2.45, 2.75) is 51.1 Å². The fraction of sp³-hybridized carbons (Fsp3) is 0.524. The van der Waals surface area contributed by atoms with Crippen LogP contribution in [0.15, 0.2) is 34.8 Å². The van der Waals surface area contributed by atoms with Crippen LogP contribution in [-0.2, 0) is 11.0 Å². The van der Waals surface area contributed by atoms with E-state index in [2.05, 4.69) is 15.2 Å². The third-order valence-corrected chi connectivity index (χ3v) is 5.20. The monoisotopic (exact) mass is 393 g/mol. The molecule has 1 aromatic rings. The number of dihydropyridines is 1. The van der Waals surface area contributed by atoms with E-state index in [0.717, 1.165) is 50.9 Å². The highest BCUT2D eigenvalue weighted by Gasteiger charge is 2.32. The molecular formula is C21H26F3N3O. The molecule has 1 N–H and O–H groups in total. The van der Waals surface area contributed by atoms with Crippen molar-refractivity contribution in [3.05, 3.63) is 35.4 Å². The highest BCUT2D eigenvalue weighted by atomic mass is 19.4. The number of nitrogens with zero attached hydrogens (tertiary/aromatic N) is 2. The summed E-state index contributed by atoms with van der Waals surface area (Å²) in [7, 11) is 0. The van der Waals surface area contributed by atoms with E-state index in [1.165, 1.54) is 18.9 Å². The molecule has 4 nitrogen and oxygen atoms in total. The zero-order chi connectivity index (χ0) is 20.0. The predicted octanol–water partition coefficient (Wildman–Crippen LogP) is 5.21. The van der Waals surface area contributed by atoms with Crippen molar-refractivity contribution in [2.75, 3.05) is 29.9 Å². The second-order valence-electron chi connectivity index (χ2n) is 7.29. The molecule has 0 bridgehead atoms. The molecule has 1 saturated heterocycles. The van der Waals surface area contributed by atoms with Gasteiger partial charge in [0.15, 0.2) is 0 Å². The predicted molar refractivity (Wildman–Crippen MR) is 106 cm³/mol. The first kappa shape index (κ1) is 20.4. The van der Waals surface area contributed by atoms with Crippen LogP contribution in [0, 0.1) is 0 Å². The zero-order valence-corrected chi connectivity index (χ0v) is 15.9. The lowest BCUT2D eigenvalue weighted by Crippen LogP contribution is -2.27. The number of hydrogen-bond acceptors (Lipinski definition) is 3. The smallest absolute Gasteiger partial charge is 0.370 e. The molecule has 0 saturated carbocycles. The third-order valence-electron chi connectivity index (χ3n) is 5.20. The van der Waals surface area contributed by atoms with Gasteiger partial charge in [0.2, 0.25) is 0 Å². The van der Waals surface area contributed by atoms with Crippen LogP contribution in [0.25, 0.3) is 0 Å². The van der Waals surface area contributed by atoms with Crippen molar-refractivity contribution >= 4 is 23.5 Å². The highest BCUT2D eigenvalue weighted by Crippen LogP contribution is 2.36. The van der Waals surface area contributed by atoms with E-state index in [0.29, 0.717) is 24.2 Å². The first-order valence-electron chi connectivity index (χ1n) is 9.92. The standard InChI is InChI=1S/C21H26F3N3O/c22-21(23,24)17-7-8-19(27-13-5-3-1-2-4-6-14-27)18(15-17)26-20(28)16-9-11-25-12-10-16/h7-9,11,15H,1-6,10,12-14H2,(H,26,28). The number of rotatable bonds is 3. The minimum Gasteiger partial charge on any atom is -0.370 e. The molecule has 0 unspecified atom stereocenters. The average molecular weight is 393 g/mol. The van der Waals surface area contributed by atoms with Gasteiger partial charge in [0, 0.05) is 31.4 Å². The number of alkyl halides is 3. The number of benzene rings is 1. The van der Waals surface area contributed by atoms with Gasteiger partial charge in [-0.2, -0.15) is 13.2 Å². The lowest BCUT2D eigenvalue weighted by atomic mass is 10.1. The zero-order valence-electron chi connectivity index (χ0n) is 15.9. The SMILES string of the molecule is O=C(Nc1cc(C(F)(F)F)ccc1N1CCCCCCCC1)C1=CC=NCC1. The summed E-state index contributed by atoms with van der Waals surface area (Å²) in [5.41, 5.74) is 0.661. The summed E-state index contributed by atoms with van der Waals surface area (Å²) in [6, 6.07) is 3.65. The summed E-state index contributed by atoms with van der Waals surface area (Å²) >= 11 is 0. The number of anilines is 2. The Hall–Kier alpha value is -2.31. The summed E-state index contributed by atoms with van der Waals surface area (Å²) in [5.74, 6) is -0.365. The van der Waals surface area contributed by atoms with E-state index >= 15 is 0 Å². The molecule has 3 rings (SSSR count). The quantitative estimate of drug-likeness (QED) is 0.767. The molecule has 0 aromatic heterocycles. The van der Waals surface area contributed by atoms with Gasteiger partial charge < -0.3 is 10.2 Å². The second kappa shape index (κ2) is 9.26. The number of hydrogen-bond donors (Lipinski definition) is 1. The van der Waals surface area contributed by atoms with Crippen LogP contribution in [0.1, 0.15) is 50.5 Å². The molecule has 0 radical (unpaired) electrons. The maximum atomic E-state index is 13.3. The Morgan fingerprint density at radius 1 is 1.04 bits per heavy atom. The van der Waals surface area contributed by atoms with Gasteiger partial charge in [-0.3, -0.25) is 9.79 Å². The normalized spacial score (nSPS) is 18.7. The maximum absolute atomic E-state index is 13.3. The number of amides is 1. The number of halogens is 3. The van der Waals surface area contributed by atoms with E-state index in [4.69, 9.17) is 0 Å². The minimum absolute atomic E-state index is 0.225. The van der Waals surface area contributed by atoms with Crippen LogP contribution in [0.4, 0.5) is 24.5 Å². The van der Waals surface area contributed by atoms with E-state index in [-0.39, 0.29) is 11.6 Å². The van der Waals surface area contributed by atoms with Crippen molar-refractivity contribution in [3.63, 3.8) is 0 Å². The van der Waals surface area contributed by atoms with Crippen LogP contribution < -0.4 is 10.2 Å². The molecule has 28 heavy (non-hydrogen) atoms. The average Bonchev–Trinajstić information content (AvgIpc) is 2.82. The number of carbonyl (C=O) groups is 1. The minimum atomic E-state index is -4.46. The summed E-state index contributed by atoms with van der Waals surface area (Å²) in [4.78, 5) is 18.8. The Labute approximate surface area is 163 Å². The molecule has 152 valence electrons. The van der Waals surface area contributed by atoms with Gasteiger partial charge in [-0.05, 0) is 43.5 Å². The molecule has 2 heterocycles. The molecule has 1 fully saturated rings. The van der Waals surface area contributed by atoms with Gasteiger partial charge >= 0.3 is 6.18 Å². The second-order valence-corrected chi connectivity index (χ2v) is 7.29. The Morgan fingerprint density at radius 2 is 1.71 bits per heavy atom. The molecule has 2 aliphatic rings. The maximum Gasteiger partial charge on any atom is 0.416 e. The van der Waals surface area contributed by atoms with Crippen LogP contribution in [0.3, 0.4) is 0 Å². The van der Waals surface area contributed by atoms with Crippen LogP contribution in [0.2, 0.25) is 0 Å². The van der Waals surface area contributed by atoms with Gasteiger partial charge in [-0.25, -0.2) is 0 Å². The third kappa shape index (κ3) is 5.36. The van der Waals surface area contributed by atoms with Gasteiger partial charge in [-0.15, -0.1) is 0 Å². The van der Waals surface area contributed by atoms with Crippen LogP contribution in [-0.4, -0.2) is 31.8 Å². The van der Waals surface area contributed by atoms with Crippen molar-refractivity contribution in [3.8, 4) is 0 Å². The van der Waals surface area contributed by atoms with Gasteiger partial charge in [0.1, 0.15) is 0 Å². The number of carbonyl (C=O) groups excluding carboxylic acids is 1. The Bertz CT molecular complexity index is 746. The molecule has 0 atom stereocenters. The number of aliphatic imine (C=N–C) groups is 1. The largest absolute Gasteiger partial charge is 0.416 e. The first-order chi connectivity index (χ1) is 13.4. The highest BCUT2D eigenvalue weighted by molar-refractivity contribution is 6.07. The summed E-state index contributed by atoms with van der Waals surface area (Å²) in [6.07, 6.45) is 5.82. The fourth-order valence-corrected chi connectivity index (χ4v) is 3.63. The van der Waals surface area contributed by atoms with Crippen LogP contribution >= 0.6 is 0 Å². The Kier molecular flexibility index (Phi) is 6.75. The van der Waals surface area contributed by atoms with E-state index in [1.807, 2.05) is 0 Å². The summed E-state index contributed by atoms with van der Waals surface area (Å²) < 4.78 is 39.8. The summed E-state index contributed by atoms with van der Waals surface area (Å²) in [6.45, 7) is 2.08. The van der Waals surface area contributed by atoms with Gasteiger partial charge in [-0.1, -0.05) is 25.7 Å². The molecule has 1 aromatic carbocycles. The van der Waals surface area contributed by atoms with Crippen molar-refractivity contribution in [2.24, 2.45) is 4.99 Å². The van der Waals surface area contributed by atoms with E-state index < -0.39 is 11.7 Å². The Balaban J connectivity index is 1.90. The lowest BCUT2D eigenvalue weighted by molar-refractivity contribution is -0.137. The first-order valence-corrected chi connectivity index (χ1v) is 9.92. The molecular weight excluding hydrogens is 367 g/mol. The van der Waals surface area contributed by atoms with Crippen molar-refractivity contribution in [1.82, 2.24) is 0 Å². The van der Waals surface area contributed by atoms with Gasteiger partial charge in [0.25, 0.3) is 5.91 Å². The number of nitrogens with one attached hydrogen (secondary N) is 1. The van der Waals surface area contributed by atoms with E-state index in [9.17, 15) is 18.0 Å². The van der Waals surface area contributed by atoms with E-state index in [1.54, 1.807) is 12.3 Å². The molecule has 2 aliphatic heterocycles. The number of allylic oxidation sites excluding steroid dienone is 1.